The van der Waals surface area contributed by atoms with Gasteiger partial charge in [-0.1, -0.05) is 28.9 Å². The Bertz CT molecular complexity index is 599. The van der Waals surface area contributed by atoms with Gasteiger partial charge in [-0.05, 0) is 48.9 Å². The van der Waals surface area contributed by atoms with Crippen LogP contribution in [0.1, 0.15) is 18.9 Å². The molecule has 0 aromatic heterocycles. The zero-order chi connectivity index (χ0) is 14.5. The van der Waals surface area contributed by atoms with Gasteiger partial charge in [0, 0.05) is 22.1 Å². The second kappa shape index (κ2) is 6.95. The molecule has 0 spiro atoms. The van der Waals surface area contributed by atoms with E-state index in [1.165, 1.54) is 12.1 Å². The van der Waals surface area contributed by atoms with E-state index in [2.05, 4.69) is 28.2 Å². The Labute approximate surface area is 126 Å². The van der Waals surface area contributed by atoms with Crippen molar-refractivity contribution >= 4 is 15.9 Å². The van der Waals surface area contributed by atoms with Crippen molar-refractivity contribution in [2.24, 2.45) is 0 Å². The quantitative estimate of drug-likeness (QED) is 0.764. The molecule has 0 aliphatic heterocycles. The van der Waals surface area contributed by atoms with Crippen LogP contribution in [0.5, 0.6) is 0 Å². The largest absolute Gasteiger partial charge is 0.313 e. The number of hydrogen-bond donors (Lipinski definition) is 1. The van der Waals surface area contributed by atoms with Crippen LogP contribution in [-0.4, -0.2) is 6.54 Å². The third-order valence-corrected chi connectivity index (χ3v) is 3.52. The smallest absolute Gasteiger partial charge is 0.131 e. The van der Waals surface area contributed by atoms with E-state index in [4.69, 9.17) is 0 Å². The van der Waals surface area contributed by atoms with E-state index in [9.17, 15) is 8.78 Å². The van der Waals surface area contributed by atoms with E-state index >= 15 is 0 Å². The fourth-order valence-electron chi connectivity index (χ4n) is 2.00. The minimum Gasteiger partial charge on any atom is -0.313 e. The topological polar surface area (TPSA) is 12.0 Å². The highest BCUT2D eigenvalue weighted by molar-refractivity contribution is 9.10. The lowest BCUT2D eigenvalue weighted by atomic mass is 10.0. The Kier molecular flexibility index (Phi) is 5.26. The standard InChI is InChI=1S/C16H16BrF2N/c1-2-7-20-10-12-8-11(3-5-15(12)18)14-9-13(17)4-6-16(14)19/h3-6,8-9,20H,2,7,10H2,1H3. The second-order valence-electron chi connectivity index (χ2n) is 4.61. The summed E-state index contributed by atoms with van der Waals surface area (Å²) in [6.07, 6.45) is 0.988. The number of nitrogens with one attached hydrogen (secondary N) is 1. The molecule has 2 aromatic carbocycles. The average Bonchev–Trinajstić information content (AvgIpc) is 2.44. The molecule has 0 amide bonds. The molecule has 0 saturated heterocycles. The van der Waals surface area contributed by atoms with Crippen molar-refractivity contribution in [3.63, 3.8) is 0 Å². The maximum atomic E-state index is 13.9. The highest BCUT2D eigenvalue weighted by Gasteiger charge is 2.09. The molecule has 1 N–H and O–H groups in total. The Morgan fingerprint density at radius 3 is 2.55 bits per heavy atom. The summed E-state index contributed by atoms with van der Waals surface area (Å²) < 4.78 is 28.4. The lowest BCUT2D eigenvalue weighted by Gasteiger charge is -2.09. The molecule has 0 fully saturated rings. The van der Waals surface area contributed by atoms with Crippen molar-refractivity contribution < 1.29 is 8.78 Å². The van der Waals surface area contributed by atoms with Gasteiger partial charge in [-0.3, -0.25) is 0 Å². The van der Waals surface area contributed by atoms with E-state index in [0.717, 1.165) is 17.4 Å². The highest BCUT2D eigenvalue weighted by Crippen LogP contribution is 2.27. The molecule has 0 aliphatic carbocycles. The number of hydrogen-bond acceptors (Lipinski definition) is 1. The molecule has 0 bridgehead atoms. The predicted molar refractivity (Wildman–Crippen MR) is 81.5 cm³/mol. The zero-order valence-corrected chi connectivity index (χ0v) is 12.8. The lowest BCUT2D eigenvalue weighted by molar-refractivity contribution is 0.586. The molecule has 4 heteroatoms. The minimum absolute atomic E-state index is 0.271. The van der Waals surface area contributed by atoms with Gasteiger partial charge in [0.1, 0.15) is 11.6 Å². The third kappa shape index (κ3) is 3.64. The van der Waals surface area contributed by atoms with Crippen LogP contribution in [0.25, 0.3) is 11.1 Å². The van der Waals surface area contributed by atoms with Gasteiger partial charge in [0.05, 0.1) is 0 Å². The van der Waals surface area contributed by atoms with E-state index < -0.39 is 0 Å². The maximum absolute atomic E-state index is 13.9. The average molecular weight is 340 g/mol. The summed E-state index contributed by atoms with van der Waals surface area (Å²) in [7, 11) is 0. The normalized spacial score (nSPS) is 10.8. The van der Waals surface area contributed by atoms with Gasteiger partial charge in [-0.25, -0.2) is 8.78 Å². The van der Waals surface area contributed by atoms with E-state index in [-0.39, 0.29) is 11.6 Å². The fourth-order valence-corrected chi connectivity index (χ4v) is 2.36. The first-order valence-corrected chi connectivity index (χ1v) is 7.35. The van der Waals surface area contributed by atoms with Gasteiger partial charge in [-0.2, -0.15) is 0 Å². The Balaban J connectivity index is 2.33. The second-order valence-corrected chi connectivity index (χ2v) is 5.52. The molecule has 0 heterocycles. The molecule has 0 radical (unpaired) electrons. The number of rotatable bonds is 5. The van der Waals surface area contributed by atoms with Crippen LogP contribution in [0.4, 0.5) is 8.78 Å². The number of halogens is 3. The van der Waals surface area contributed by atoms with Gasteiger partial charge in [0.25, 0.3) is 0 Å². The van der Waals surface area contributed by atoms with E-state index in [1.54, 1.807) is 24.3 Å². The first-order valence-electron chi connectivity index (χ1n) is 6.56. The molecular formula is C16H16BrF2N. The third-order valence-electron chi connectivity index (χ3n) is 3.03. The van der Waals surface area contributed by atoms with Crippen molar-refractivity contribution in [3.8, 4) is 11.1 Å². The summed E-state index contributed by atoms with van der Waals surface area (Å²) >= 11 is 3.32. The lowest BCUT2D eigenvalue weighted by Crippen LogP contribution is -2.14. The van der Waals surface area contributed by atoms with E-state index in [0.29, 0.717) is 23.2 Å². The minimum atomic E-state index is -0.313. The van der Waals surface area contributed by atoms with Gasteiger partial charge in [-0.15, -0.1) is 0 Å². The molecular weight excluding hydrogens is 324 g/mol. The maximum Gasteiger partial charge on any atom is 0.131 e. The molecule has 0 aliphatic rings. The first-order chi connectivity index (χ1) is 9.61. The molecule has 2 aromatic rings. The van der Waals surface area contributed by atoms with Crippen molar-refractivity contribution in [3.05, 3.63) is 58.1 Å². The molecule has 106 valence electrons. The molecule has 0 unspecified atom stereocenters. The van der Waals surface area contributed by atoms with Crippen molar-refractivity contribution in [2.75, 3.05) is 6.54 Å². The molecule has 20 heavy (non-hydrogen) atoms. The van der Waals surface area contributed by atoms with Gasteiger partial charge in [0.2, 0.25) is 0 Å². The summed E-state index contributed by atoms with van der Waals surface area (Å²) in [4.78, 5) is 0. The summed E-state index contributed by atoms with van der Waals surface area (Å²) in [6.45, 7) is 3.33. The van der Waals surface area contributed by atoms with Gasteiger partial charge in [0.15, 0.2) is 0 Å². The van der Waals surface area contributed by atoms with E-state index in [1.807, 2.05) is 0 Å². The van der Waals surface area contributed by atoms with Crippen LogP contribution < -0.4 is 5.32 Å². The Morgan fingerprint density at radius 2 is 1.80 bits per heavy atom. The highest BCUT2D eigenvalue weighted by atomic mass is 79.9. The van der Waals surface area contributed by atoms with Crippen LogP contribution >= 0.6 is 15.9 Å². The van der Waals surface area contributed by atoms with Crippen LogP contribution in [-0.2, 0) is 6.54 Å². The Hall–Kier alpha value is -1.26. The van der Waals surface area contributed by atoms with Crippen LogP contribution in [0.3, 0.4) is 0 Å². The van der Waals surface area contributed by atoms with Crippen LogP contribution in [0, 0.1) is 11.6 Å². The summed E-state index contributed by atoms with van der Waals surface area (Å²) in [6, 6.07) is 9.43. The van der Waals surface area contributed by atoms with Crippen molar-refractivity contribution in [2.45, 2.75) is 19.9 Å². The summed E-state index contributed by atoms with van der Waals surface area (Å²) in [5, 5.41) is 3.15. The summed E-state index contributed by atoms with van der Waals surface area (Å²) in [5.74, 6) is -0.583. The van der Waals surface area contributed by atoms with Gasteiger partial charge >= 0.3 is 0 Å². The monoisotopic (exact) mass is 339 g/mol. The molecule has 1 nitrogen and oxygen atoms in total. The van der Waals surface area contributed by atoms with Crippen molar-refractivity contribution in [1.29, 1.82) is 0 Å². The van der Waals surface area contributed by atoms with Gasteiger partial charge < -0.3 is 5.32 Å². The molecule has 0 atom stereocenters. The van der Waals surface area contributed by atoms with Crippen LogP contribution in [0.2, 0.25) is 0 Å². The zero-order valence-electron chi connectivity index (χ0n) is 11.2. The Morgan fingerprint density at radius 1 is 1.05 bits per heavy atom. The number of benzene rings is 2. The fraction of sp³-hybridized carbons (Fsp3) is 0.250. The SMILES string of the molecule is CCCNCc1cc(-c2cc(Br)ccc2F)ccc1F. The summed E-state index contributed by atoms with van der Waals surface area (Å²) in [5.41, 5.74) is 1.70. The van der Waals surface area contributed by atoms with Crippen LogP contribution in [0.15, 0.2) is 40.9 Å². The molecule has 0 saturated carbocycles. The predicted octanol–water partition coefficient (Wildman–Crippen LogP) is 4.89. The first kappa shape index (κ1) is 15.1. The van der Waals surface area contributed by atoms with Crippen molar-refractivity contribution in [1.82, 2.24) is 5.32 Å². The molecule has 2 rings (SSSR count).